The van der Waals surface area contributed by atoms with Crippen LogP contribution in [0, 0.1) is 5.92 Å². The summed E-state index contributed by atoms with van der Waals surface area (Å²) < 4.78 is 27.7. The fraction of sp³-hybridized carbons (Fsp3) is 0.571. The lowest BCUT2D eigenvalue weighted by molar-refractivity contribution is 0.329. The van der Waals surface area contributed by atoms with Crippen molar-refractivity contribution in [2.45, 2.75) is 31.2 Å². The summed E-state index contributed by atoms with van der Waals surface area (Å²) >= 11 is 5.81. The molecule has 0 aliphatic heterocycles. The van der Waals surface area contributed by atoms with Gasteiger partial charge < -0.3 is 10.6 Å². The first-order valence-electron chi connectivity index (χ1n) is 6.84. The van der Waals surface area contributed by atoms with Crippen molar-refractivity contribution in [3.63, 3.8) is 0 Å². The van der Waals surface area contributed by atoms with Crippen LogP contribution < -0.4 is 10.5 Å². The quantitative estimate of drug-likeness (QED) is 0.750. The van der Waals surface area contributed by atoms with Crippen molar-refractivity contribution in [3.05, 3.63) is 23.2 Å². The third-order valence-corrected chi connectivity index (χ3v) is 4.75. The van der Waals surface area contributed by atoms with E-state index in [0.717, 1.165) is 6.42 Å². The molecule has 0 radical (unpaired) electrons. The van der Waals surface area contributed by atoms with Crippen molar-refractivity contribution in [3.8, 4) is 0 Å². The second-order valence-electron chi connectivity index (χ2n) is 5.89. The van der Waals surface area contributed by atoms with Gasteiger partial charge in [0.2, 0.25) is 10.0 Å². The van der Waals surface area contributed by atoms with Gasteiger partial charge in [0, 0.05) is 17.6 Å². The minimum atomic E-state index is -3.66. The van der Waals surface area contributed by atoms with Crippen LogP contribution in [0.4, 0.5) is 5.69 Å². The molecule has 21 heavy (non-hydrogen) atoms. The highest BCUT2D eigenvalue weighted by Gasteiger charge is 2.23. The molecule has 0 saturated heterocycles. The fourth-order valence-electron chi connectivity index (χ4n) is 2.22. The van der Waals surface area contributed by atoms with E-state index in [9.17, 15) is 8.42 Å². The number of anilines is 1. The molecular formula is C14H24ClN3O2S. The number of nitrogen functional groups attached to an aromatic ring is 1. The van der Waals surface area contributed by atoms with Gasteiger partial charge in [0.1, 0.15) is 4.90 Å². The van der Waals surface area contributed by atoms with Crippen LogP contribution in [-0.4, -0.2) is 40.0 Å². The maximum absolute atomic E-state index is 12.5. The number of rotatable bonds is 7. The molecule has 1 aromatic carbocycles. The molecule has 0 aliphatic rings. The third-order valence-electron chi connectivity index (χ3n) is 2.92. The Labute approximate surface area is 132 Å². The number of hydrogen-bond donors (Lipinski definition) is 2. The van der Waals surface area contributed by atoms with E-state index in [1.807, 2.05) is 19.0 Å². The lowest BCUT2D eigenvalue weighted by Gasteiger charge is -2.24. The first kappa shape index (κ1) is 18.2. The van der Waals surface area contributed by atoms with Gasteiger partial charge in [-0.25, -0.2) is 13.1 Å². The molecule has 0 aromatic heterocycles. The summed E-state index contributed by atoms with van der Waals surface area (Å²) in [6.45, 7) is 4.76. The van der Waals surface area contributed by atoms with Gasteiger partial charge in [-0.1, -0.05) is 25.4 Å². The Morgan fingerprint density at radius 2 is 1.95 bits per heavy atom. The topological polar surface area (TPSA) is 75.4 Å². The summed E-state index contributed by atoms with van der Waals surface area (Å²) in [4.78, 5) is 2.03. The first-order chi connectivity index (χ1) is 9.61. The molecule has 1 aromatic rings. The second kappa shape index (κ2) is 7.45. The molecule has 0 fully saturated rings. The van der Waals surface area contributed by atoms with Crippen molar-refractivity contribution < 1.29 is 8.42 Å². The first-order valence-corrected chi connectivity index (χ1v) is 8.70. The predicted octanol–water partition coefficient (Wildman–Crippen LogP) is 2.18. The average Bonchev–Trinajstić information content (AvgIpc) is 2.24. The largest absolute Gasteiger partial charge is 0.398 e. The van der Waals surface area contributed by atoms with Crippen molar-refractivity contribution in [2.75, 3.05) is 26.4 Å². The van der Waals surface area contributed by atoms with Gasteiger partial charge in [-0.3, -0.25) is 0 Å². The van der Waals surface area contributed by atoms with Gasteiger partial charge in [0.25, 0.3) is 0 Å². The van der Waals surface area contributed by atoms with E-state index >= 15 is 0 Å². The van der Waals surface area contributed by atoms with Crippen molar-refractivity contribution in [1.82, 2.24) is 9.62 Å². The lowest BCUT2D eigenvalue weighted by Crippen LogP contribution is -2.42. The standard InChI is InChI=1S/C14H24ClN3O2S/c1-10(2)7-12(9-18(3)4)17-21(19,20)14-6-5-11(15)8-13(14)16/h5-6,8,10,12,17H,7,9,16H2,1-4H3. The third kappa shape index (κ3) is 5.82. The van der Waals surface area contributed by atoms with Gasteiger partial charge in [0.05, 0.1) is 5.69 Å². The molecule has 7 heteroatoms. The van der Waals surface area contributed by atoms with Crippen molar-refractivity contribution in [2.24, 2.45) is 5.92 Å². The number of nitrogens with two attached hydrogens (primary N) is 1. The van der Waals surface area contributed by atoms with Crippen LogP contribution in [0.2, 0.25) is 5.02 Å². The number of sulfonamides is 1. The van der Waals surface area contributed by atoms with E-state index < -0.39 is 10.0 Å². The van der Waals surface area contributed by atoms with Gasteiger partial charge in [0.15, 0.2) is 0 Å². The molecular weight excluding hydrogens is 310 g/mol. The number of nitrogens with zero attached hydrogens (tertiary/aromatic N) is 1. The van der Waals surface area contributed by atoms with E-state index in [1.54, 1.807) is 0 Å². The zero-order valence-electron chi connectivity index (χ0n) is 12.9. The molecule has 1 rings (SSSR count). The van der Waals surface area contributed by atoms with Crippen LogP contribution in [0.3, 0.4) is 0 Å². The Kier molecular flexibility index (Phi) is 6.46. The van der Waals surface area contributed by atoms with Gasteiger partial charge >= 0.3 is 0 Å². The molecule has 3 N–H and O–H groups in total. The van der Waals surface area contributed by atoms with Crippen molar-refractivity contribution in [1.29, 1.82) is 0 Å². The van der Waals surface area contributed by atoms with E-state index in [4.69, 9.17) is 17.3 Å². The number of likely N-dealkylation sites (N-methyl/N-ethyl adjacent to an activating group) is 1. The van der Waals surface area contributed by atoms with Crippen LogP contribution in [0.1, 0.15) is 20.3 Å². The Bertz CT molecular complexity index is 564. The van der Waals surface area contributed by atoms with Gasteiger partial charge in [-0.2, -0.15) is 0 Å². The average molecular weight is 334 g/mol. The minimum Gasteiger partial charge on any atom is -0.398 e. The van der Waals surface area contributed by atoms with E-state index in [0.29, 0.717) is 17.5 Å². The van der Waals surface area contributed by atoms with Crippen LogP contribution in [0.25, 0.3) is 0 Å². The monoisotopic (exact) mass is 333 g/mol. The highest BCUT2D eigenvalue weighted by atomic mass is 35.5. The summed E-state index contributed by atoms with van der Waals surface area (Å²) in [5.74, 6) is 0.389. The molecule has 0 spiro atoms. The van der Waals surface area contributed by atoms with E-state index in [1.165, 1.54) is 18.2 Å². The normalized spacial score (nSPS) is 13.9. The minimum absolute atomic E-state index is 0.0689. The van der Waals surface area contributed by atoms with Gasteiger partial charge in [-0.05, 0) is 44.6 Å². The van der Waals surface area contributed by atoms with Crippen LogP contribution >= 0.6 is 11.6 Å². The Morgan fingerprint density at radius 1 is 1.33 bits per heavy atom. The highest BCUT2D eigenvalue weighted by molar-refractivity contribution is 7.89. The molecule has 0 bridgehead atoms. The summed E-state index contributed by atoms with van der Waals surface area (Å²) in [6, 6.07) is 4.23. The molecule has 0 amide bonds. The Hall–Kier alpha value is -0.820. The zero-order valence-corrected chi connectivity index (χ0v) is 14.5. The smallest absolute Gasteiger partial charge is 0.242 e. The molecule has 0 saturated carbocycles. The zero-order chi connectivity index (χ0) is 16.2. The second-order valence-corrected chi connectivity index (χ2v) is 8.01. The molecule has 5 nitrogen and oxygen atoms in total. The van der Waals surface area contributed by atoms with Crippen molar-refractivity contribution >= 4 is 27.3 Å². The number of nitrogens with one attached hydrogen (secondary N) is 1. The maximum Gasteiger partial charge on any atom is 0.242 e. The van der Waals surface area contributed by atoms with Crippen LogP contribution in [0.15, 0.2) is 23.1 Å². The summed E-state index contributed by atoms with van der Waals surface area (Å²) in [6.07, 6.45) is 0.755. The Morgan fingerprint density at radius 3 is 2.43 bits per heavy atom. The summed E-state index contributed by atoms with van der Waals surface area (Å²) in [5, 5.41) is 0.415. The fourth-order valence-corrected chi connectivity index (χ4v) is 3.75. The lowest BCUT2D eigenvalue weighted by atomic mass is 10.0. The maximum atomic E-state index is 12.5. The predicted molar refractivity (Wildman–Crippen MR) is 88.0 cm³/mol. The SMILES string of the molecule is CC(C)CC(CN(C)C)NS(=O)(=O)c1ccc(Cl)cc1N. The molecule has 1 atom stereocenters. The summed E-state index contributed by atoms with van der Waals surface area (Å²) in [7, 11) is 0.171. The molecule has 120 valence electrons. The number of benzene rings is 1. The Balaban J connectivity index is 2.99. The van der Waals surface area contributed by atoms with Crippen LogP contribution in [0.5, 0.6) is 0 Å². The molecule has 0 heterocycles. The highest BCUT2D eigenvalue weighted by Crippen LogP contribution is 2.23. The van der Waals surface area contributed by atoms with E-state index in [-0.39, 0.29) is 16.6 Å². The molecule has 0 aliphatic carbocycles. The van der Waals surface area contributed by atoms with Gasteiger partial charge in [-0.15, -0.1) is 0 Å². The summed E-state index contributed by atoms with van der Waals surface area (Å²) in [5.41, 5.74) is 5.93. The molecule has 1 unspecified atom stereocenters. The van der Waals surface area contributed by atoms with Crippen LogP contribution in [-0.2, 0) is 10.0 Å². The number of halogens is 1. The number of hydrogen-bond acceptors (Lipinski definition) is 4. The van der Waals surface area contributed by atoms with E-state index in [2.05, 4.69) is 18.6 Å².